The molecule has 0 aliphatic carbocycles. The zero-order valence-corrected chi connectivity index (χ0v) is 11.8. The van der Waals surface area contributed by atoms with Crippen LogP contribution in [-0.4, -0.2) is 28.9 Å². The second-order valence-corrected chi connectivity index (χ2v) is 5.65. The molecule has 0 atom stereocenters. The third-order valence-electron chi connectivity index (χ3n) is 2.56. The van der Waals surface area contributed by atoms with Crippen molar-refractivity contribution in [3.63, 3.8) is 0 Å². The summed E-state index contributed by atoms with van der Waals surface area (Å²) in [6.07, 6.45) is 1.91. The first-order valence-corrected chi connectivity index (χ1v) is 7.19. The lowest BCUT2D eigenvalue weighted by molar-refractivity contribution is -0.0500. The quantitative estimate of drug-likeness (QED) is 0.636. The van der Waals surface area contributed by atoms with Crippen molar-refractivity contribution in [3.8, 4) is 5.75 Å². The van der Waals surface area contributed by atoms with Gasteiger partial charge in [-0.25, -0.2) is 15.0 Å². The maximum atomic E-state index is 12.3. The number of rotatable bonds is 3. The Balaban J connectivity index is 2.49. The van der Waals surface area contributed by atoms with Crippen molar-refractivity contribution in [3.05, 3.63) is 23.8 Å². The lowest BCUT2D eigenvalue weighted by atomic mass is 10.2. The van der Waals surface area contributed by atoms with Crippen molar-refractivity contribution in [1.29, 1.82) is 0 Å². The SMILES string of the molecule is CCc1ncc2cc(OS(=O)(=O)C(F)(F)F)c(C)nc2n1. The Hall–Kier alpha value is -1.97. The highest BCUT2D eigenvalue weighted by Gasteiger charge is 2.48. The number of alkyl halides is 3. The number of halogens is 3. The number of nitrogens with zero attached hydrogens (tertiary/aromatic N) is 3. The standard InChI is InChI=1S/C11H10F3N3O3S/c1-3-9-15-5-7-4-8(6(2)16-10(7)17-9)20-21(18,19)11(12,13)14/h4-5H,3H2,1-2H3. The molecular formula is C11H10F3N3O3S. The minimum Gasteiger partial charge on any atom is -0.374 e. The monoisotopic (exact) mass is 321 g/mol. The molecule has 0 spiro atoms. The first-order chi connectivity index (χ1) is 9.64. The summed E-state index contributed by atoms with van der Waals surface area (Å²) in [6, 6.07) is 1.11. The van der Waals surface area contributed by atoms with Crippen LogP contribution in [0, 0.1) is 6.92 Å². The predicted molar refractivity (Wildman–Crippen MR) is 67.1 cm³/mol. The molecule has 0 aromatic carbocycles. The largest absolute Gasteiger partial charge is 0.534 e. The third kappa shape index (κ3) is 3.04. The van der Waals surface area contributed by atoms with Gasteiger partial charge in [0.15, 0.2) is 11.4 Å². The second kappa shape index (κ2) is 5.10. The van der Waals surface area contributed by atoms with E-state index in [1.165, 1.54) is 13.1 Å². The van der Waals surface area contributed by atoms with E-state index in [2.05, 4.69) is 19.1 Å². The molecule has 10 heteroatoms. The zero-order valence-electron chi connectivity index (χ0n) is 11.0. The number of fused-ring (bicyclic) bond motifs is 1. The van der Waals surface area contributed by atoms with Gasteiger partial charge in [-0.3, -0.25) is 0 Å². The summed E-state index contributed by atoms with van der Waals surface area (Å²) in [5.41, 5.74) is -5.26. The van der Waals surface area contributed by atoms with E-state index >= 15 is 0 Å². The predicted octanol–water partition coefficient (Wildman–Crippen LogP) is 2.12. The van der Waals surface area contributed by atoms with Gasteiger partial charge in [-0.15, -0.1) is 0 Å². The third-order valence-corrected chi connectivity index (χ3v) is 3.53. The minimum absolute atomic E-state index is 0.0175. The van der Waals surface area contributed by atoms with E-state index in [0.29, 0.717) is 12.2 Å². The summed E-state index contributed by atoms with van der Waals surface area (Å²) < 4.78 is 63.0. The molecule has 2 heterocycles. The Morgan fingerprint density at radius 3 is 2.52 bits per heavy atom. The van der Waals surface area contributed by atoms with Gasteiger partial charge < -0.3 is 4.18 Å². The highest BCUT2D eigenvalue weighted by molar-refractivity contribution is 7.88. The molecule has 21 heavy (non-hydrogen) atoms. The molecule has 0 unspecified atom stereocenters. The summed E-state index contributed by atoms with van der Waals surface area (Å²) >= 11 is 0. The maximum Gasteiger partial charge on any atom is 0.534 e. The molecule has 0 bridgehead atoms. The number of hydrogen-bond donors (Lipinski definition) is 0. The number of hydrogen-bond acceptors (Lipinski definition) is 6. The molecule has 0 amide bonds. The van der Waals surface area contributed by atoms with Crippen molar-refractivity contribution >= 4 is 21.2 Å². The van der Waals surface area contributed by atoms with Crippen LogP contribution in [0.25, 0.3) is 11.0 Å². The van der Waals surface area contributed by atoms with Gasteiger partial charge in [-0.05, 0) is 13.0 Å². The minimum atomic E-state index is -5.74. The maximum absolute atomic E-state index is 12.3. The fraction of sp³-hybridized carbons (Fsp3) is 0.364. The summed E-state index contributed by atoms with van der Waals surface area (Å²) in [5, 5.41) is 0.283. The molecule has 0 fully saturated rings. The molecule has 0 aliphatic heterocycles. The van der Waals surface area contributed by atoms with Crippen molar-refractivity contribution in [2.45, 2.75) is 25.8 Å². The van der Waals surface area contributed by atoms with Crippen LogP contribution in [0.2, 0.25) is 0 Å². The topological polar surface area (TPSA) is 82.0 Å². The Morgan fingerprint density at radius 2 is 1.95 bits per heavy atom. The van der Waals surface area contributed by atoms with Gasteiger partial charge in [0.25, 0.3) is 0 Å². The summed E-state index contributed by atoms with van der Waals surface area (Å²) in [4.78, 5) is 12.0. The van der Waals surface area contributed by atoms with Crippen molar-refractivity contribution in [2.24, 2.45) is 0 Å². The van der Waals surface area contributed by atoms with E-state index < -0.39 is 21.4 Å². The molecule has 0 N–H and O–H groups in total. The zero-order chi connectivity index (χ0) is 15.8. The second-order valence-electron chi connectivity index (χ2n) is 4.11. The molecule has 0 aliphatic rings. The van der Waals surface area contributed by atoms with Gasteiger partial charge >= 0.3 is 15.6 Å². The van der Waals surface area contributed by atoms with Crippen molar-refractivity contribution < 1.29 is 25.8 Å². The fourth-order valence-corrected chi connectivity index (χ4v) is 1.99. The smallest absolute Gasteiger partial charge is 0.374 e. The Kier molecular flexibility index (Phi) is 3.74. The number of aromatic nitrogens is 3. The van der Waals surface area contributed by atoms with Gasteiger partial charge in [-0.2, -0.15) is 21.6 Å². The van der Waals surface area contributed by atoms with Gasteiger partial charge in [0, 0.05) is 18.0 Å². The highest BCUT2D eigenvalue weighted by Crippen LogP contribution is 2.29. The van der Waals surface area contributed by atoms with Gasteiger partial charge in [0.05, 0.1) is 5.69 Å². The number of aryl methyl sites for hydroxylation is 2. The van der Waals surface area contributed by atoms with Crippen molar-refractivity contribution in [1.82, 2.24) is 15.0 Å². The van der Waals surface area contributed by atoms with Gasteiger partial charge in [-0.1, -0.05) is 6.92 Å². The molecular weight excluding hydrogens is 311 g/mol. The highest BCUT2D eigenvalue weighted by atomic mass is 32.2. The van der Waals surface area contributed by atoms with Crippen LogP contribution in [0.15, 0.2) is 12.3 Å². The first-order valence-electron chi connectivity index (χ1n) is 5.78. The summed E-state index contributed by atoms with van der Waals surface area (Å²) in [7, 11) is -5.74. The van der Waals surface area contributed by atoms with E-state index in [1.807, 2.05) is 6.92 Å². The first kappa shape index (κ1) is 15.4. The molecule has 114 valence electrons. The van der Waals surface area contributed by atoms with Crippen molar-refractivity contribution in [2.75, 3.05) is 0 Å². The number of pyridine rings is 1. The Labute approximate surface area is 118 Å². The van der Waals surface area contributed by atoms with Gasteiger partial charge in [0.1, 0.15) is 5.82 Å². The Morgan fingerprint density at radius 1 is 1.29 bits per heavy atom. The Bertz CT molecular complexity index is 790. The molecule has 0 radical (unpaired) electrons. The average Bonchev–Trinajstić information content (AvgIpc) is 2.37. The lowest BCUT2D eigenvalue weighted by Gasteiger charge is -2.11. The van der Waals surface area contributed by atoms with Crippen LogP contribution in [0.4, 0.5) is 13.2 Å². The fourth-order valence-electron chi connectivity index (χ4n) is 1.49. The molecule has 0 saturated heterocycles. The van der Waals surface area contributed by atoms with E-state index in [0.717, 1.165) is 6.07 Å². The van der Waals surface area contributed by atoms with E-state index in [-0.39, 0.29) is 16.7 Å². The van der Waals surface area contributed by atoms with E-state index in [9.17, 15) is 21.6 Å². The molecule has 2 aromatic heterocycles. The van der Waals surface area contributed by atoms with Crippen LogP contribution < -0.4 is 4.18 Å². The average molecular weight is 321 g/mol. The van der Waals surface area contributed by atoms with Crippen LogP contribution in [0.5, 0.6) is 5.75 Å². The normalized spacial score (nSPS) is 12.6. The van der Waals surface area contributed by atoms with Gasteiger partial charge in [0.2, 0.25) is 0 Å². The van der Waals surface area contributed by atoms with Crippen LogP contribution in [0.1, 0.15) is 18.4 Å². The summed E-state index contributed by atoms with van der Waals surface area (Å²) in [5.74, 6) is 0.0126. The van der Waals surface area contributed by atoms with E-state index in [1.54, 1.807) is 0 Å². The van der Waals surface area contributed by atoms with Crippen LogP contribution in [-0.2, 0) is 16.5 Å². The molecule has 0 saturated carbocycles. The molecule has 6 nitrogen and oxygen atoms in total. The molecule has 2 rings (SSSR count). The lowest BCUT2D eigenvalue weighted by Crippen LogP contribution is -2.28. The molecule has 2 aromatic rings. The van der Waals surface area contributed by atoms with Crippen LogP contribution in [0.3, 0.4) is 0 Å². The van der Waals surface area contributed by atoms with Crippen LogP contribution >= 0.6 is 0 Å². The summed E-state index contributed by atoms with van der Waals surface area (Å²) in [6.45, 7) is 3.16. The van der Waals surface area contributed by atoms with E-state index in [4.69, 9.17) is 0 Å².